The summed E-state index contributed by atoms with van der Waals surface area (Å²) in [6, 6.07) is 4.21. The molecule has 1 aliphatic heterocycles. The van der Waals surface area contributed by atoms with Gasteiger partial charge in [0, 0.05) is 29.6 Å². The van der Waals surface area contributed by atoms with Gasteiger partial charge in [-0.2, -0.15) is 0 Å². The number of aromatic nitrogens is 1. The Hall–Kier alpha value is -2.14. The number of aliphatic imine (C=N–C) groups is 1. The molecule has 0 atom stereocenters. The molecule has 0 amide bonds. The molecule has 0 unspecified atom stereocenters. The summed E-state index contributed by atoms with van der Waals surface area (Å²) in [5, 5.41) is 7.30. The topological polar surface area (TPSA) is 76.4 Å². The van der Waals surface area contributed by atoms with Crippen molar-refractivity contribution in [2.45, 2.75) is 32.1 Å². The number of fused-ring (bicyclic) bond motifs is 1. The Bertz CT molecular complexity index is 634. The third kappa shape index (κ3) is 3.36. The largest absolute Gasteiger partial charge is 0.384 e. The van der Waals surface area contributed by atoms with E-state index < -0.39 is 0 Å². The molecule has 2 heterocycles. The highest BCUT2D eigenvalue weighted by Crippen LogP contribution is 2.37. The first-order valence-corrected chi connectivity index (χ1v) is 7.94. The lowest BCUT2D eigenvalue weighted by atomic mass is 10.0. The van der Waals surface area contributed by atoms with Crippen molar-refractivity contribution in [1.29, 1.82) is 0 Å². The summed E-state index contributed by atoms with van der Waals surface area (Å²) >= 11 is 0. The molecule has 1 aromatic carbocycles. The maximum absolute atomic E-state index is 5.50. The van der Waals surface area contributed by atoms with Gasteiger partial charge < -0.3 is 15.6 Å². The van der Waals surface area contributed by atoms with Gasteiger partial charge in [0.2, 0.25) is 0 Å². The number of nitrogens with one attached hydrogen (secondary N) is 1. The van der Waals surface area contributed by atoms with E-state index in [9.17, 15) is 0 Å². The molecular formula is C17H22N4O. The number of hydrogen-bond donors (Lipinski definition) is 2. The van der Waals surface area contributed by atoms with Crippen LogP contribution in [-0.2, 0) is 0 Å². The van der Waals surface area contributed by atoms with Crippen molar-refractivity contribution >= 4 is 17.6 Å². The Kier molecular flexibility index (Phi) is 4.85. The summed E-state index contributed by atoms with van der Waals surface area (Å²) in [4.78, 5) is 4.31. The van der Waals surface area contributed by atoms with Crippen LogP contribution in [0.3, 0.4) is 0 Å². The lowest BCUT2D eigenvalue weighted by molar-refractivity contribution is 0.420. The maximum Gasteiger partial charge on any atom is 0.131 e. The number of unbranched alkanes of at least 4 members (excludes halogenated alkanes) is 4. The van der Waals surface area contributed by atoms with E-state index in [2.05, 4.69) is 27.6 Å². The van der Waals surface area contributed by atoms with E-state index in [1.807, 2.05) is 6.21 Å². The molecule has 0 aliphatic carbocycles. The molecule has 22 heavy (non-hydrogen) atoms. The van der Waals surface area contributed by atoms with E-state index in [1.54, 1.807) is 12.5 Å². The zero-order valence-corrected chi connectivity index (χ0v) is 12.7. The van der Waals surface area contributed by atoms with Crippen LogP contribution in [0.4, 0.5) is 11.4 Å². The number of nitrogens with two attached hydrogens (primary N) is 1. The van der Waals surface area contributed by atoms with Crippen LogP contribution in [0.5, 0.6) is 0 Å². The van der Waals surface area contributed by atoms with Gasteiger partial charge in [0.25, 0.3) is 0 Å². The molecule has 0 saturated heterocycles. The normalized spacial score (nSPS) is 12.0. The van der Waals surface area contributed by atoms with Gasteiger partial charge in [-0.3, -0.25) is 4.99 Å². The van der Waals surface area contributed by atoms with Crippen molar-refractivity contribution in [1.82, 2.24) is 5.16 Å². The molecule has 0 fully saturated rings. The molecular weight excluding hydrogens is 276 g/mol. The highest BCUT2D eigenvalue weighted by Gasteiger charge is 2.15. The second kappa shape index (κ2) is 7.22. The second-order valence-electron chi connectivity index (χ2n) is 5.61. The van der Waals surface area contributed by atoms with E-state index in [-0.39, 0.29) is 0 Å². The lowest BCUT2D eigenvalue weighted by Crippen LogP contribution is -2.07. The van der Waals surface area contributed by atoms with Gasteiger partial charge >= 0.3 is 0 Å². The first kappa shape index (κ1) is 14.8. The molecule has 3 N–H and O–H groups in total. The number of rotatable bonds is 9. The summed E-state index contributed by atoms with van der Waals surface area (Å²) in [6.07, 6.45) is 11.4. The molecule has 0 bridgehead atoms. The molecule has 116 valence electrons. The SMILES string of the molecule is NCCCCCCCNc1cc(-c2cnoc2)cc2c1C=N2. The lowest BCUT2D eigenvalue weighted by Gasteiger charge is -2.18. The van der Waals surface area contributed by atoms with Crippen LogP contribution in [-0.4, -0.2) is 24.5 Å². The van der Waals surface area contributed by atoms with Gasteiger partial charge in [-0.15, -0.1) is 0 Å². The highest BCUT2D eigenvalue weighted by molar-refractivity contribution is 6.04. The van der Waals surface area contributed by atoms with Crippen LogP contribution < -0.4 is 11.1 Å². The monoisotopic (exact) mass is 298 g/mol. The Morgan fingerprint density at radius 2 is 1.91 bits per heavy atom. The van der Waals surface area contributed by atoms with Gasteiger partial charge in [-0.1, -0.05) is 24.4 Å². The molecule has 2 aromatic rings. The third-order valence-electron chi connectivity index (χ3n) is 3.95. The van der Waals surface area contributed by atoms with Crippen molar-refractivity contribution in [3.05, 3.63) is 30.2 Å². The molecule has 1 aromatic heterocycles. The number of nitrogens with zero attached hydrogens (tertiary/aromatic N) is 2. The van der Waals surface area contributed by atoms with E-state index in [4.69, 9.17) is 10.3 Å². The minimum atomic E-state index is 0.805. The zero-order valence-electron chi connectivity index (χ0n) is 12.7. The highest BCUT2D eigenvalue weighted by atomic mass is 16.5. The fourth-order valence-corrected chi connectivity index (χ4v) is 2.63. The molecule has 5 heteroatoms. The Labute approximate surface area is 130 Å². The molecule has 0 saturated carbocycles. The minimum Gasteiger partial charge on any atom is -0.384 e. The molecule has 0 radical (unpaired) electrons. The second-order valence-corrected chi connectivity index (χ2v) is 5.61. The van der Waals surface area contributed by atoms with E-state index in [0.29, 0.717) is 0 Å². The van der Waals surface area contributed by atoms with Crippen molar-refractivity contribution in [3.8, 4) is 11.1 Å². The average molecular weight is 298 g/mol. The summed E-state index contributed by atoms with van der Waals surface area (Å²) in [7, 11) is 0. The van der Waals surface area contributed by atoms with E-state index in [0.717, 1.165) is 42.0 Å². The predicted molar refractivity (Wildman–Crippen MR) is 89.8 cm³/mol. The van der Waals surface area contributed by atoms with Crippen LogP contribution in [0.2, 0.25) is 0 Å². The summed E-state index contributed by atoms with van der Waals surface area (Å²) in [5.74, 6) is 0. The first-order valence-electron chi connectivity index (χ1n) is 7.94. The fourth-order valence-electron chi connectivity index (χ4n) is 2.63. The quantitative estimate of drug-likeness (QED) is 0.590. The van der Waals surface area contributed by atoms with Crippen molar-refractivity contribution < 1.29 is 4.52 Å². The van der Waals surface area contributed by atoms with Gasteiger partial charge in [-0.05, 0) is 37.1 Å². The molecule has 5 nitrogen and oxygen atoms in total. The first-order chi connectivity index (χ1) is 10.9. The maximum atomic E-state index is 5.50. The number of benzene rings is 1. The Morgan fingerprint density at radius 1 is 1.05 bits per heavy atom. The molecule has 0 spiro atoms. The van der Waals surface area contributed by atoms with Crippen LogP contribution in [0.1, 0.15) is 37.7 Å². The third-order valence-corrected chi connectivity index (χ3v) is 3.95. The van der Waals surface area contributed by atoms with Crippen molar-refractivity contribution in [2.24, 2.45) is 10.7 Å². The Balaban J connectivity index is 1.55. The van der Waals surface area contributed by atoms with E-state index in [1.165, 1.54) is 31.2 Å². The number of anilines is 1. The standard InChI is InChI=1S/C17H22N4O/c18-6-4-2-1-3-5-7-19-16-8-13(14-10-21-22-12-14)9-17-15(16)11-20-17/h8-12,19H,1-7,18H2. The summed E-state index contributed by atoms with van der Waals surface area (Å²) < 4.78 is 4.92. The zero-order chi connectivity index (χ0) is 15.2. The minimum absolute atomic E-state index is 0.805. The Morgan fingerprint density at radius 3 is 2.64 bits per heavy atom. The summed E-state index contributed by atoms with van der Waals surface area (Å²) in [6.45, 7) is 1.79. The smallest absolute Gasteiger partial charge is 0.131 e. The average Bonchev–Trinajstić information content (AvgIpc) is 3.02. The van der Waals surface area contributed by atoms with E-state index >= 15 is 0 Å². The van der Waals surface area contributed by atoms with Crippen molar-refractivity contribution in [2.75, 3.05) is 18.4 Å². The fraction of sp³-hybridized carbons (Fsp3) is 0.412. The van der Waals surface area contributed by atoms with Gasteiger partial charge in [-0.25, -0.2) is 0 Å². The van der Waals surface area contributed by atoms with Gasteiger partial charge in [0.05, 0.1) is 11.9 Å². The van der Waals surface area contributed by atoms with Gasteiger partial charge in [0.15, 0.2) is 0 Å². The molecule has 3 rings (SSSR count). The van der Waals surface area contributed by atoms with Crippen LogP contribution in [0.25, 0.3) is 11.1 Å². The van der Waals surface area contributed by atoms with Crippen LogP contribution in [0.15, 0.2) is 34.1 Å². The summed E-state index contributed by atoms with van der Waals surface area (Å²) in [5.41, 5.74) is 10.9. The number of hydrogen-bond acceptors (Lipinski definition) is 5. The van der Waals surface area contributed by atoms with Crippen molar-refractivity contribution in [3.63, 3.8) is 0 Å². The van der Waals surface area contributed by atoms with Gasteiger partial charge in [0.1, 0.15) is 6.26 Å². The molecule has 1 aliphatic rings. The van der Waals surface area contributed by atoms with Crippen LogP contribution >= 0.6 is 0 Å². The predicted octanol–water partition coefficient (Wildman–Crippen LogP) is 3.73. The van der Waals surface area contributed by atoms with Crippen LogP contribution in [0, 0.1) is 0 Å².